The van der Waals surface area contributed by atoms with E-state index in [0.717, 1.165) is 32.1 Å². The van der Waals surface area contributed by atoms with Crippen molar-refractivity contribution in [2.45, 2.75) is 32.1 Å². The third-order valence-electron chi connectivity index (χ3n) is 5.10. The Morgan fingerprint density at radius 1 is 1.22 bits per heavy atom. The van der Waals surface area contributed by atoms with E-state index in [0.29, 0.717) is 11.4 Å². The summed E-state index contributed by atoms with van der Waals surface area (Å²) in [5.41, 5.74) is 0.565. The van der Waals surface area contributed by atoms with Crippen molar-refractivity contribution in [3.05, 3.63) is 23.9 Å². The Kier molecular flexibility index (Phi) is 5.49. The molecule has 1 aromatic heterocycles. The molecule has 2 fully saturated rings. The minimum atomic E-state index is 0.0345. The molecule has 0 bridgehead atoms. The molecule has 0 unspecified atom stereocenters. The zero-order valence-corrected chi connectivity index (χ0v) is 14.0. The predicted molar refractivity (Wildman–Crippen MR) is 89.7 cm³/mol. The summed E-state index contributed by atoms with van der Waals surface area (Å²) < 4.78 is 5.21. The summed E-state index contributed by atoms with van der Waals surface area (Å²) in [4.78, 5) is 21.2. The lowest BCUT2D eigenvalue weighted by molar-refractivity contribution is 0.0602. The number of rotatable bonds is 4. The number of ether oxygens (including phenoxy) is 1. The highest BCUT2D eigenvalue weighted by Crippen LogP contribution is 2.25. The van der Waals surface area contributed by atoms with Gasteiger partial charge in [0.05, 0.1) is 7.11 Å². The van der Waals surface area contributed by atoms with Crippen LogP contribution in [0.5, 0.6) is 5.88 Å². The predicted octanol–water partition coefficient (Wildman–Crippen LogP) is 2.43. The maximum atomic E-state index is 12.7. The molecule has 1 saturated heterocycles. The van der Waals surface area contributed by atoms with Crippen molar-refractivity contribution in [3.8, 4) is 5.88 Å². The molecule has 0 aromatic carbocycles. The second-order valence-corrected chi connectivity index (χ2v) is 6.66. The Morgan fingerprint density at radius 2 is 1.96 bits per heavy atom. The normalized spacial score (nSPS) is 20.5. The van der Waals surface area contributed by atoms with Crippen LogP contribution in [-0.2, 0) is 0 Å². The Hall–Kier alpha value is -1.62. The third kappa shape index (κ3) is 4.02. The van der Waals surface area contributed by atoms with Gasteiger partial charge in [0.2, 0.25) is 5.88 Å². The molecule has 3 rings (SSSR count). The van der Waals surface area contributed by atoms with Crippen molar-refractivity contribution in [3.63, 3.8) is 0 Å². The fourth-order valence-electron chi connectivity index (χ4n) is 3.75. The number of hydrogen-bond donors (Lipinski definition) is 0. The Morgan fingerprint density at radius 3 is 2.65 bits per heavy atom. The first-order valence-electron chi connectivity index (χ1n) is 8.78. The van der Waals surface area contributed by atoms with Gasteiger partial charge < -0.3 is 9.64 Å². The van der Waals surface area contributed by atoms with Gasteiger partial charge in [-0.3, -0.25) is 9.69 Å². The summed E-state index contributed by atoms with van der Waals surface area (Å²) in [5.74, 6) is 1.32. The van der Waals surface area contributed by atoms with Gasteiger partial charge in [-0.1, -0.05) is 19.3 Å². The van der Waals surface area contributed by atoms with E-state index in [1.807, 2.05) is 4.90 Å². The number of aromatic nitrogens is 1. The highest BCUT2D eigenvalue weighted by Gasteiger charge is 2.26. The summed E-state index contributed by atoms with van der Waals surface area (Å²) in [7, 11) is 1.56. The van der Waals surface area contributed by atoms with Crippen molar-refractivity contribution in [1.82, 2.24) is 14.8 Å². The van der Waals surface area contributed by atoms with E-state index in [4.69, 9.17) is 4.74 Å². The molecule has 126 valence electrons. The molecule has 1 saturated carbocycles. The Labute approximate surface area is 138 Å². The average Bonchev–Trinajstić information content (AvgIpc) is 2.62. The van der Waals surface area contributed by atoms with Crippen molar-refractivity contribution >= 4 is 5.91 Å². The summed E-state index contributed by atoms with van der Waals surface area (Å²) in [6, 6.07) is 3.58. The number of methoxy groups -OCH3 is 1. The smallest absolute Gasteiger partial charge is 0.259 e. The maximum absolute atomic E-state index is 12.7. The number of nitrogens with zero attached hydrogens (tertiary/aromatic N) is 3. The SMILES string of the molecule is COc1ncccc1C(=O)N1CCN(CC2CCCCC2)CC1. The minimum absolute atomic E-state index is 0.0345. The molecule has 1 aliphatic carbocycles. The zero-order valence-electron chi connectivity index (χ0n) is 14.0. The van der Waals surface area contributed by atoms with Crippen LogP contribution in [0, 0.1) is 5.92 Å². The summed E-state index contributed by atoms with van der Waals surface area (Å²) in [5, 5.41) is 0. The molecule has 0 spiro atoms. The third-order valence-corrected chi connectivity index (χ3v) is 5.10. The van der Waals surface area contributed by atoms with Crippen molar-refractivity contribution in [2.75, 3.05) is 39.8 Å². The van der Waals surface area contributed by atoms with Crippen LogP contribution >= 0.6 is 0 Å². The number of piperazine rings is 1. The molecule has 2 aliphatic rings. The van der Waals surface area contributed by atoms with E-state index in [1.54, 1.807) is 25.4 Å². The van der Waals surface area contributed by atoms with Crippen LogP contribution in [0.4, 0.5) is 0 Å². The molecule has 0 N–H and O–H groups in total. The summed E-state index contributed by atoms with van der Waals surface area (Å²) in [6.45, 7) is 4.75. The number of carbonyl (C=O) groups excluding carboxylic acids is 1. The van der Waals surface area contributed by atoms with Gasteiger partial charge in [0, 0.05) is 38.9 Å². The molecule has 1 aromatic rings. The summed E-state index contributed by atoms with van der Waals surface area (Å²) >= 11 is 0. The monoisotopic (exact) mass is 317 g/mol. The fraction of sp³-hybridized carbons (Fsp3) is 0.667. The standard InChI is InChI=1S/C18H27N3O2/c1-23-17-16(8-5-9-19-17)18(22)21-12-10-20(11-13-21)14-15-6-3-2-4-7-15/h5,8-9,15H,2-4,6-7,10-14H2,1H3. The van der Waals surface area contributed by atoms with Gasteiger partial charge >= 0.3 is 0 Å². The molecule has 23 heavy (non-hydrogen) atoms. The van der Waals surface area contributed by atoms with E-state index in [2.05, 4.69) is 9.88 Å². The van der Waals surface area contributed by atoms with Gasteiger partial charge in [-0.2, -0.15) is 0 Å². The number of carbonyl (C=O) groups is 1. The maximum Gasteiger partial charge on any atom is 0.259 e. The number of pyridine rings is 1. The molecule has 5 heteroatoms. The van der Waals surface area contributed by atoms with Crippen LogP contribution in [0.25, 0.3) is 0 Å². The topological polar surface area (TPSA) is 45.7 Å². The van der Waals surface area contributed by atoms with Crippen LogP contribution in [0.1, 0.15) is 42.5 Å². The first-order valence-corrected chi connectivity index (χ1v) is 8.78. The lowest BCUT2D eigenvalue weighted by atomic mass is 9.89. The van der Waals surface area contributed by atoms with E-state index in [-0.39, 0.29) is 5.91 Å². The van der Waals surface area contributed by atoms with Crippen LogP contribution in [0.3, 0.4) is 0 Å². The van der Waals surface area contributed by atoms with Crippen LogP contribution in [0.15, 0.2) is 18.3 Å². The van der Waals surface area contributed by atoms with Crippen LogP contribution in [-0.4, -0.2) is 60.5 Å². The Balaban J connectivity index is 1.53. The van der Waals surface area contributed by atoms with Gasteiger partial charge in [0.1, 0.15) is 5.56 Å². The van der Waals surface area contributed by atoms with Crippen LogP contribution < -0.4 is 4.74 Å². The van der Waals surface area contributed by atoms with Crippen molar-refractivity contribution < 1.29 is 9.53 Å². The quantitative estimate of drug-likeness (QED) is 0.855. The molecule has 5 nitrogen and oxygen atoms in total. The van der Waals surface area contributed by atoms with Gasteiger partial charge in [0.15, 0.2) is 0 Å². The first kappa shape index (κ1) is 16.2. The second kappa shape index (κ2) is 7.77. The van der Waals surface area contributed by atoms with Crippen LogP contribution in [0.2, 0.25) is 0 Å². The lowest BCUT2D eigenvalue weighted by Gasteiger charge is -2.37. The molecule has 2 heterocycles. The molecular formula is C18H27N3O2. The molecule has 1 amide bonds. The first-order chi connectivity index (χ1) is 11.3. The second-order valence-electron chi connectivity index (χ2n) is 6.66. The molecule has 1 aliphatic heterocycles. The number of hydrogen-bond acceptors (Lipinski definition) is 4. The highest BCUT2D eigenvalue weighted by molar-refractivity contribution is 5.96. The molecule has 0 radical (unpaired) electrons. The van der Waals surface area contributed by atoms with Crippen molar-refractivity contribution in [1.29, 1.82) is 0 Å². The fourth-order valence-corrected chi connectivity index (χ4v) is 3.75. The largest absolute Gasteiger partial charge is 0.480 e. The highest BCUT2D eigenvalue weighted by atomic mass is 16.5. The number of amides is 1. The minimum Gasteiger partial charge on any atom is -0.480 e. The van der Waals surface area contributed by atoms with E-state index < -0.39 is 0 Å². The lowest BCUT2D eigenvalue weighted by Crippen LogP contribution is -2.50. The van der Waals surface area contributed by atoms with Gasteiger partial charge in [-0.15, -0.1) is 0 Å². The zero-order chi connectivity index (χ0) is 16.1. The molecule has 0 atom stereocenters. The van der Waals surface area contributed by atoms with E-state index >= 15 is 0 Å². The van der Waals surface area contributed by atoms with Gasteiger partial charge in [-0.25, -0.2) is 4.98 Å². The average molecular weight is 317 g/mol. The van der Waals surface area contributed by atoms with E-state index in [1.165, 1.54) is 38.6 Å². The van der Waals surface area contributed by atoms with Crippen molar-refractivity contribution in [2.24, 2.45) is 5.92 Å². The molecular weight excluding hydrogens is 290 g/mol. The Bertz CT molecular complexity index is 521. The van der Waals surface area contributed by atoms with Gasteiger partial charge in [0.25, 0.3) is 5.91 Å². The van der Waals surface area contributed by atoms with E-state index in [9.17, 15) is 4.79 Å². The summed E-state index contributed by atoms with van der Waals surface area (Å²) in [6.07, 6.45) is 8.61. The van der Waals surface area contributed by atoms with Gasteiger partial charge in [-0.05, 0) is 30.9 Å².